The van der Waals surface area contributed by atoms with Crippen molar-refractivity contribution in [2.75, 3.05) is 32.7 Å². The molecule has 3 rings (SSSR count). The maximum Gasteiger partial charge on any atom is 0.322 e. The average Bonchev–Trinajstić information content (AvgIpc) is 2.71. The molecule has 0 saturated carbocycles. The lowest BCUT2D eigenvalue weighted by Gasteiger charge is -2.23. The van der Waals surface area contributed by atoms with Crippen molar-refractivity contribution >= 4 is 34.2 Å². The number of aromatic nitrogens is 1. The normalized spacial score (nSPS) is 10.7. The van der Waals surface area contributed by atoms with Gasteiger partial charge >= 0.3 is 6.03 Å². The van der Waals surface area contributed by atoms with Crippen molar-refractivity contribution in [3.05, 3.63) is 65.3 Å². The van der Waals surface area contributed by atoms with Crippen LogP contribution in [0.1, 0.15) is 5.56 Å². The first kappa shape index (κ1) is 19.9. The van der Waals surface area contributed by atoms with E-state index in [9.17, 15) is 4.79 Å². The Balaban J connectivity index is 1.85. The lowest BCUT2D eigenvalue weighted by molar-refractivity contribution is 0.153. The summed E-state index contributed by atoms with van der Waals surface area (Å²) in [5.41, 5.74) is 2.25. The maximum atomic E-state index is 12.8. The van der Waals surface area contributed by atoms with Crippen LogP contribution in [0.4, 0.5) is 10.5 Å². The van der Waals surface area contributed by atoms with Crippen molar-refractivity contribution in [2.24, 2.45) is 0 Å². The Bertz CT molecular complexity index is 950. The highest BCUT2D eigenvalue weighted by atomic mass is 35.5. The number of urea groups is 1. The van der Waals surface area contributed by atoms with Crippen molar-refractivity contribution in [2.45, 2.75) is 6.54 Å². The molecule has 1 N–H and O–H groups in total. The van der Waals surface area contributed by atoms with Crippen LogP contribution in [-0.2, 0) is 11.3 Å². The topological polar surface area (TPSA) is 63.7 Å². The van der Waals surface area contributed by atoms with E-state index in [0.717, 1.165) is 27.9 Å². The van der Waals surface area contributed by atoms with E-state index in [-0.39, 0.29) is 6.03 Å². The Morgan fingerprint density at radius 1 is 1.14 bits per heavy atom. The molecule has 146 valence electrons. The molecule has 3 aromatic rings. The molecule has 0 aliphatic carbocycles. The van der Waals surface area contributed by atoms with Crippen LogP contribution < -0.4 is 10.1 Å². The summed E-state index contributed by atoms with van der Waals surface area (Å²) in [6, 6.07) is 16.6. The van der Waals surface area contributed by atoms with E-state index in [1.165, 1.54) is 0 Å². The van der Waals surface area contributed by atoms with E-state index in [4.69, 9.17) is 21.1 Å². The van der Waals surface area contributed by atoms with Gasteiger partial charge in [-0.05, 0) is 36.4 Å². The predicted molar refractivity (Wildman–Crippen MR) is 111 cm³/mol. The van der Waals surface area contributed by atoms with Gasteiger partial charge < -0.3 is 19.7 Å². The summed E-state index contributed by atoms with van der Waals surface area (Å²) < 4.78 is 10.4. The Morgan fingerprint density at radius 3 is 2.64 bits per heavy atom. The van der Waals surface area contributed by atoms with Crippen LogP contribution in [0, 0.1) is 0 Å². The van der Waals surface area contributed by atoms with Crippen LogP contribution in [0.2, 0.25) is 5.15 Å². The number of hydrogen-bond acceptors (Lipinski definition) is 4. The van der Waals surface area contributed by atoms with E-state index in [1.807, 2.05) is 54.6 Å². The number of anilines is 1. The lowest BCUT2D eigenvalue weighted by Crippen LogP contribution is -2.37. The molecule has 0 atom stereocenters. The number of para-hydroxylation sites is 1. The first-order valence-corrected chi connectivity index (χ1v) is 9.21. The Hall–Kier alpha value is -2.83. The van der Waals surface area contributed by atoms with E-state index in [1.54, 1.807) is 19.1 Å². The zero-order valence-corrected chi connectivity index (χ0v) is 16.6. The Morgan fingerprint density at radius 2 is 1.93 bits per heavy atom. The van der Waals surface area contributed by atoms with Crippen molar-refractivity contribution in [1.29, 1.82) is 0 Å². The van der Waals surface area contributed by atoms with Crippen molar-refractivity contribution in [3.63, 3.8) is 0 Å². The number of halogens is 1. The number of fused-ring (bicyclic) bond motifs is 1. The summed E-state index contributed by atoms with van der Waals surface area (Å²) in [6.07, 6.45) is 0. The molecule has 0 fully saturated rings. The monoisotopic (exact) mass is 399 g/mol. The molecular weight excluding hydrogens is 378 g/mol. The van der Waals surface area contributed by atoms with Gasteiger partial charge in [0, 0.05) is 30.3 Å². The van der Waals surface area contributed by atoms with Gasteiger partial charge in [0.15, 0.2) is 0 Å². The predicted octanol–water partition coefficient (Wildman–Crippen LogP) is 4.58. The molecule has 0 aliphatic heterocycles. The number of benzene rings is 2. The van der Waals surface area contributed by atoms with Gasteiger partial charge in [-0.1, -0.05) is 29.8 Å². The number of pyridine rings is 1. The van der Waals surface area contributed by atoms with Crippen LogP contribution in [0.15, 0.2) is 54.6 Å². The van der Waals surface area contributed by atoms with Crippen LogP contribution in [0.3, 0.4) is 0 Å². The smallest absolute Gasteiger partial charge is 0.322 e. The summed E-state index contributed by atoms with van der Waals surface area (Å²) in [4.78, 5) is 18.9. The molecule has 0 unspecified atom stereocenters. The first-order valence-electron chi connectivity index (χ1n) is 8.84. The van der Waals surface area contributed by atoms with E-state index < -0.39 is 0 Å². The molecule has 28 heavy (non-hydrogen) atoms. The molecule has 0 radical (unpaired) electrons. The fourth-order valence-corrected chi connectivity index (χ4v) is 3.00. The first-order chi connectivity index (χ1) is 13.6. The van der Waals surface area contributed by atoms with Crippen LogP contribution in [0.5, 0.6) is 5.75 Å². The standard InChI is InChI=1S/C21H22ClN3O3/c1-27-11-10-25(21(26)23-17-6-4-3-5-7-17)14-16-12-15-13-18(28-2)8-9-19(15)24-20(16)22/h3-9,12-13H,10-11,14H2,1-2H3,(H,23,26). The fourth-order valence-electron chi connectivity index (χ4n) is 2.80. The van der Waals surface area contributed by atoms with Gasteiger partial charge in [-0.2, -0.15) is 0 Å². The van der Waals surface area contributed by atoms with Gasteiger partial charge in [-0.25, -0.2) is 9.78 Å². The number of amides is 2. The third kappa shape index (κ3) is 4.91. The van der Waals surface area contributed by atoms with Gasteiger partial charge in [0.05, 0.1) is 25.8 Å². The molecule has 2 amide bonds. The third-order valence-corrected chi connectivity index (χ3v) is 4.61. The van der Waals surface area contributed by atoms with Crippen LogP contribution in [-0.4, -0.2) is 43.3 Å². The summed E-state index contributed by atoms with van der Waals surface area (Å²) in [5, 5.41) is 4.16. The third-order valence-electron chi connectivity index (χ3n) is 4.29. The highest BCUT2D eigenvalue weighted by molar-refractivity contribution is 6.30. The van der Waals surface area contributed by atoms with Gasteiger partial charge in [0.1, 0.15) is 10.9 Å². The minimum atomic E-state index is -0.231. The minimum Gasteiger partial charge on any atom is -0.497 e. The molecule has 1 aromatic heterocycles. The van der Waals surface area contributed by atoms with E-state index in [2.05, 4.69) is 10.3 Å². The summed E-state index contributed by atoms with van der Waals surface area (Å²) in [7, 11) is 3.22. The van der Waals surface area contributed by atoms with Crippen molar-refractivity contribution in [1.82, 2.24) is 9.88 Å². The van der Waals surface area contributed by atoms with Gasteiger partial charge in [-0.3, -0.25) is 0 Å². The summed E-state index contributed by atoms with van der Waals surface area (Å²) in [6.45, 7) is 1.14. The molecule has 0 bridgehead atoms. The zero-order chi connectivity index (χ0) is 19.9. The molecule has 6 nitrogen and oxygen atoms in total. The number of methoxy groups -OCH3 is 2. The molecule has 0 aliphatic rings. The van der Waals surface area contributed by atoms with E-state index >= 15 is 0 Å². The molecule has 0 spiro atoms. The highest BCUT2D eigenvalue weighted by Gasteiger charge is 2.17. The average molecular weight is 400 g/mol. The minimum absolute atomic E-state index is 0.231. The van der Waals surface area contributed by atoms with Gasteiger partial charge in [0.2, 0.25) is 0 Å². The number of rotatable bonds is 7. The molecular formula is C21H22ClN3O3. The fraction of sp³-hybridized carbons (Fsp3) is 0.238. The Labute approximate surface area is 169 Å². The second-order valence-electron chi connectivity index (χ2n) is 6.21. The van der Waals surface area contributed by atoms with Gasteiger partial charge in [-0.15, -0.1) is 0 Å². The quantitative estimate of drug-likeness (QED) is 0.591. The largest absolute Gasteiger partial charge is 0.497 e. The van der Waals surface area contributed by atoms with Gasteiger partial charge in [0.25, 0.3) is 0 Å². The molecule has 2 aromatic carbocycles. The second kappa shape index (κ2) is 9.39. The molecule has 1 heterocycles. The van der Waals surface area contributed by atoms with Crippen LogP contribution in [0.25, 0.3) is 10.9 Å². The van der Waals surface area contributed by atoms with E-state index in [0.29, 0.717) is 24.8 Å². The number of carbonyl (C=O) groups excluding carboxylic acids is 1. The number of nitrogens with one attached hydrogen (secondary N) is 1. The van der Waals surface area contributed by atoms with Crippen molar-refractivity contribution < 1.29 is 14.3 Å². The number of hydrogen-bond donors (Lipinski definition) is 1. The SMILES string of the molecule is COCCN(Cc1cc2cc(OC)ccc2nc1Cl)C(=O)Nc1ccccc1. The molecule has 7 heteroatoms. The Kier molecular flexibility index (Phi) is 6.68. The van der Waals surface area contributed by atoms with Crippen molar-refractivity contribution in [3.8, 4) is 5.75 Å². The summed E-state index contributed by atoms with van der Waals surface area (Å²) in [5.74, 6) is 0.737. The maximum absolute atomic E-state index is 12.8. The summed E-state index contributed by atoms with van der Waals surface area (Å²) >= 11 is 6.39. The second-order valence-corrected chi connectivity index (χ2v) is 6.57. The zero-order valence-electron chi connectivity index (χ0n) is 15.8. The number of ether oxygens (including phenoxy) is 2. The number of nitrogens with zero attached hydrogens (tertiary/aromatic N) is 2. The highest BCUT2D eigenvalue weighted by Crippen LogP contribution is 2.25. The van der Waals surface area contributed by atoms with Crippen LogP contribution >= 0.6 is 11.6 Å². The lowest BCUT2D eigenvalue weighted by atomic mass is 10.1. The molecule has 0 saturated heterocycles. The number of carbonyl (C=O) groups is 1.